The van der Waals surface area contributed by atoms with Crippen molar-refractivity contribution in [3.05, 3.63) is 0 Å². The van der Waals surface area contributed by atoms with Crippen LogP contribution < -0.4 is 10.6 Å². The van der Waals surface area contributed by atoms with Crippen molar-refractivity contribution < 1.29 is 14.3 Å². The highest BCUT2D eigenvalue weighted by Gasteiger charge is 2.59. The lowest BCUT2D eigenvalue weighted by atomic mass is 9.57. The summed E-state index contributed by atoms with van der Waals surface area (Å²) in [4.78, 5) is 18.5. The van der Waals surface area contributed by atoms with Crippen LogP contribution in [0.4, 0.5) is 4.79 Å². The smallest absolute Gasteiger partial charge is 0.410 e. The maximum Gasteiger partial charge on any atom is 0.410 e. The van der Waals surface area contributed by atoms with Gasteiger partial charge in [0.15, 0.2) is 5.96 Å². The average molecular weight is 524 g/mol. The molecule has 2 rings (SSSR count). The molecule has 2 fully saturated rings. The molecule has 1 saturated carbocycles. The second kappa shape index (κ2) is 10.5. The van der Waals surface area contributed by atoms with Crippen LogP contribution in [0.25, 0.3) is 0 Å². The van der Waals surface area contributed by atoms with Crippen LogP contribution in [0.2, 0.25) is 0 Å². The lowest BCUT2D eigenvalue weighted by molar-refractivity contribution is -0.106. The average Bonchev–Trinajstić information content (AvgIpc) is 3.02. The monoisotopic (exact) mass is 524 g/mol. The minimum absolute atomic E-state index is 0. The van der Waals surface area contributed by atoms with Crippen LogP contribution in [0.3, 0.4) is 0 Å². The first kappa shape index (κ1) is 26.3. The van der Waals surface area contributed by atoms with Gasteiger partial charge in [0, 0.05) is 50.7 Å². The van der Waals surface area contributed by atoms with Crippen LogP contribution in [0.1, 0.15) is 54.9 Å². The first-order chi connectivity index (χ1) is 13.0. The van der Waals surface area contributed by atoms with E-state index >= 15 is 0 Å². The Bertz CT molecular complexity index is 577. The van der Waals surface area contributed by atoms with Gasteiger partial charge in [-0.05, 0) is 40.0 Å². The first-order valence-corrected chi connectivity index (χ1v) is 10.6. The number of aliphatic imine (C=N–C) groups is 1. The maximum atomic E-state index is 12.1. The van der Waals surface area contributed by atoms with Gasteiger partial charge in [-0.25, -0.2) is 4.79 Å². The summed E-state index contributed by atoms with van der Waals surface area (Å²) in [6, 6.07) is 0.373. The fourth-order valence-electron chi connectivity index (χ4n) is 4.27. The fraction of sp³-hybridized carbons (Fsp3) is 0.905. The standard InChI is InChI=1S/C21H40N4O3.HI/c1-9-22-18(24-16-15-10-11-27-17(15)21(16,6)7)23-12-14(2)13-25(8)19(26)28-20(3,4)5;/h14-17H,9-13H2,1-8H3,(H2,22,23,24);1H. The summed E-state index contributed by atoms with van der Waals surface area (Å²) in [5, 5.41) is 6.99. The molecule has 2 N–H and O–H groups in total. The molecule has 0 bridgehead atoms. The van der Waals surface area contributed by atoms with E-state index in [9.17, 15) is 4.79 Å². The number of hydrogen-bond donors (Lipinski definition) is 2. The molecule has 7 nitrogen and oxygen atoms in total. The molecule has 1 heterocycles. The molecule has 0 spiro atoms. The Morgan fingerprint density at radius 1 is 1.38 bits per heavy atom. The summed E-state index contributed by atoms with van der Waals surface area (Å²) in [6.07, 6.45) is 1.17. The Labute approximate surface area is 193 Å². The molecule has 4 atom stereocenters. The predicted octanol–water partition coefficient (Wildman–Crippen LogP) is 3.48. The molecule has 0 aromatic carbocycles. The van der Waals surface area contributed by atoms with E-state index < -0.39 is 5.60 Å². The third-order valence-electron chi connectivity index (χ3n) is 5.59. The van der Waals surface area contributed by atoms with Gasteiger partial charge in [-0.15, -0.1) is 24.0 Å². The molecular formula is C21H41IN4O3. The Morgan fingerprint density at radius 2 is 2.03 bits per heavy atom. The Hall–Kier alpha value is -0.770. The van der Waals surface area contributed by atoms with Crippen LogP contribution in [0, 0.1) is 17.3 Å². The summed E-state index contributed by atoms with van der Waals surface area (Å²) in [5.41, 5.74) is -0.369. The van der Waals surface area contributed by atoms with Crippen molar-refractivity contribution in [3.8, 4) is 0 Å². The van der Waals surface area contributed by atoms with E-state index in [0.29, 0.717) is 31.2 Å². The number of carbonyl (C=O) groups excluding carboxylic acids is 1. The minimum Gasteiger partial charge on any atom is -0.444 e. The second-order valence-electron chi connectivity index (χ2n) is 9.87. The zero-order valence-corrected chi connectivity index (χ0v) is 21.7. The predicted molar refractivity (Wildman–Crippen MR) is 128 cm³/mol. The molecule has 1 aliphatic heterocycles. The molecule has 1 saturated heterocycles. The van der Waals surface area contributed by atoms with Crippen molar-refractivity contribution in [2.75, 3.05) is 33.3 Å². The molecular weight excluding hydrogens is 483 g/mol. The summed E-state index contributed by atoms with van der Waals surface area (Å²) in [5.74, 6) is 1.64. The molecule has 4 unspecified atom stereocenters. The van der Waals surface area contributed by atoms with Crippen molar-refractivity contribution in [2.24, 2.45) is 22.2 Å². The summed E-state index contributed by atoms with van der Waals surface area (Å²) >= 11 is 0. The van der Waals surface area contributed by atoms with E-state index in [0.717, 1.165) is 25.5 Å². The third-order valence-corrected chi connectivity index (χ3v) is 5.59. The van der Waals surface area contributed by atoms with Crippen molar-refractivity contribution in [1.29, 1.82) is 0 Å². The van der Waals surface area contributed by atoms with Gasteiger partial charge >= 0.3 is 6.09 Å². The number of nitrogens with zero attached hydrogens (tertiary/aromatic N) is 2. The topological polar surface area (TPSA) is 75.2 Å². The lowest BCUT2D eigenvalue weighted by Gasteiger charge is -2.54. The van der Waals surface area contributed by atoms with Crippen LogP contribution in [-0.4, -0.2) is 68.0 Å². The molecule has 170 valence electrons. The molecule has 0 aromatic heterocycles. The SMILES string of the molecule is CCNC(=NCC(C)CN(C)C(=O)OC(C)(C)C)NC1C2CCOC2C1(C)C.I. The number of carbonyl (C=O) groups is 1. The molecule has 1 aliphatic carbocycles. The maximum absolute atomic E-state index is 12.1. The molecule has 2 aliphatic rings. The third kappa shape index (κ3) is 6.87. The highest BCUT2D eigenvalue weighted by molar-refractivity contribution is 14.0. The number of halogens is 1. The Kier molecular flexibility index (Phi) is 9.51. The number of nitrogens with one attached hydrogen (secondary N) is 2. The van der Waals surface area contributed by atoms with Gasteiger partial charge in [0.1, 0.15) is 5.60 Å². The van der Waals surface area contributed by atoms with Gasteiger partial charge in [0.2, 0.25) is 0 Å². The number of ether oxygens (including phenoxy) is 2. The Balaban J connectivity index is 0.00000420. The fourth-order valence-corrected chi connectivity index (χ4v) is 4.27. The van der Waals surface area contributed by atoms with Crippen molar-refractivity contribution >= 4 is 36.0 Å². The summed E-state index contributed by atoms with van der Waals surface area (Å²) in [6.45, 7) is 17.2. The minimum atomic E-state index is -0.480. The highest BCUT2D eigenvalue weighted by Crippen LogP contribution is 2.52. The van der Waals surface area contributed by atoms with Crippen molar-refractivity contribution in [2.45, 2.75) is 72.6 Å². The van der Waals surface area contributed by atoms with Gasteiger partial charge in [-0.2, -0.15) is 0 Å². The van der Waals surface area contributed by atoms with E-state index in [2.05, 4.69) is 38.3 Å². The number of amides is 1. The van der Waals surface area contributed by atoms with E-state index in [4.69, 9.17) is 14.5 Å². The van der Waals surface area contributed by atoms with E-state index in [1.165, 1.54) is 0 Å². The molecule has 29 heavy (non-hydrogen) atoms. The van der Waals surface area contributed by atoms with E-state index in [-0.39, 0.29) is 41.4 Å². The normalized spacial score (nSPS) is 26.5. The van der Waals surface area contributed by atoms with Crippen LogP contribution in [-0.2, 0) is 9.47 Å². The van der Waals surface area contributed by atoms with Crippen LogP contribution in [0.5, 0.6) is 0 Å². The van der Waals surface area contributed by atoms with Gasteiger partial charge in [-0.3, -0.25) is 4.99 Å². The zero-order chi connectivity index (χ0) is 21.1. The van der Waals surface area contributed by atoms with Crippen LogP contribution in [0.15, 0.2) is 4.99 Å². The van der Waals surface area contributed by atoms with Crippen molar-refractivity contribution in [3.63, 3.8) is 0 Å². The number of guanidine groups is 1. The number of fused-ring (bicyclic) bond motifs is 1. The lowest BCUT2D eigenvalue weighted by Crippen LogP contribution is -2.68. The Morgan fingerprint density at radius 3 is 2.62 bits per heavy atom. The number of rotatable bonds is 6. The summed E-state index contributed by atoms with van der Waals surface area (Å²) < 4.78 is 11.3. The van der Waals surface area contributed by atoms with E-state index in [1.807, 2.05) is 20.8 Å². The number of hydrogen-bond acceptors (Lipinski definition) is 4. The molecule has 0 radical (unpaired) electrons. The van der Waals surface area contributed by atoms with Gasteiger partial charge in [0.25, 0.3) is 0 Å². The second-order valence-corrected chi connectivity index (χ2v) is 9.87. The van der Waals surface area contributed by atoms with E-state index in [1.54, 1.807) is 11.9 Å². The zero-order valence-electron chi connectivity index (χ0n) is 19.4. The molecule has 8 heteroatoms. The molecule has 1 amide bonds. The first-order valence-electron chi connectivity index (χ1n) is 10.6. The molecule has 0 aromatic rings. The van der Waals surface area contributed by atoms with Crippen molar-refractivity contribution in [1.82, 2.24) is 15.5 Å². The summed E-state index contributed by atoms with van der Waals surface area (Å²) in [7, 11) is 1.77. The van der Waals surface area contributed by atoms with Gasteiger partial charge < -0.3 is 25.0 Å². The highest BCUT2D eigenvalue weighted by atomic mass is 127. The van der Waals surface area contributed by atoms with Gasteiger partial charge in [-0.1, -0.05) is 20.8 Å². The van der Waals surface area contributed by atoms with Crippen LogP contribution >= 0.6 is 24.0 Å². The van der Waals surface area contributed by atoms with Gasteiger partial charge in [0.05, 0.1) is 6.10 Å². The largest absolute Gasteiger partial charge is 0.444 e. The quantitative estimate of drug-likeness (QED) is 0.316.